The first-order valence-corrected chi connectivity index (χ1v) is 7.04. The SMILES string of the molecule is Cc1occc1C(=O)NC[C@@H](CO)Cc1cccs1. The van der Waals surface area contributed by atoms with Gasteiger partial charge in [-0.25, -0.2) is 0 Å². The molecule has 0 bridgehead atoms. The molecule has 5 heteroatoms. The van der Waals surface area contributed by atoms with Crippen molar-refractivity contribution in [2.75, 3.05) is 13.2 Å². The van der Waals surface area contributed by atoms with Gasteiger partial charge in [0.05, 0.1) is 11.8 Å². The van der Waals surface area contributed by atoms with Crippen molar-refractivity contribution in [2.45, 2.75) is 13.3 Å². The fourth-order valence-electron chi connectivity index (χ4n) is 1.87. The third-order valence-electron chi connectivity index (χ3n) is 2.98. The Morgan fingerprint density at radius 1 is 1.53 bits per heavy atom. The minimum atomic E-state index is -0.157. The summed E-state index contributed by atoms with van der Waals surface area (Å²) < 4.78 is 5.10. The van der Waals surface area contributed by atoms with Crippen molar-refractivity contribution in [3.05, 3.63) is 46.0 Å². The van der Waals surface area contributed by atoms with Crippen LogP contribution in [-0.4, -0.2) is 24.2 Å². The molecule has 2 aromatic rings. The molecule has 2 heterocycles. The van der Waals surface area contributed by atoms with Crippen LogP contribution in [0.2, 0.25) is 0 Å². The number of furan rings is 1. The highest BCUT2D eigenvalue weighted by molar-refractivity contribution is 7.09. The van der Waals surface area contributed by atoms with E-state index in [1.807, 2.05) is 17.5 Å². The van der Waals surface area contributed by atoms with E-state index in [1.54, 1.807) is 24.3 Å². The second kappa shape index (κ2) is 6.54. The van der Waals surface area contributed by atoms with Crippen LogP contribution in [0.4, 0.5) is 0 Å². The number of hydrogen-bond donors (Lipinski definition) is 2. The zero-order valence-corrected chi connectivity index (χ0v) is 11.6. The summed E-state index contributed by atoms with van der Waals surface area (Å²) >= 11 is 1.66. The lowest BCUT2D eigenvalue weighted by atomic mass is 10.1. The summed E-state index contributed by atoms with van der Waals surface area (Å²) in [4.78, 5) is 13.1. The molecule has 0 radical (unpaired) electrons. The van der Waals surface area contributed by atoms with E-state index in [2.05, 4.69) is 5.32 Å². The molecule has 0 saturated heterocycles. The van der Waals surface area contributed by atoms with Gasteiger partial charge in [-0.1, -0.05) is 6.07 Å². The van der Waals surface area contributed by atoms with Gasteiger partial charge in [-0.15, -0.1) is 11.3 Å². The maximum absolute atomic E-state index is 11.9. The highest BCUT2D eigenvalue weighted by atomic mass is 32.1. The molecule has 0 unspecified atom stereocenters. The highest BCUT2D eigenvalue weighted by Gasteiger charge is 2.14. The minimum Gasteiger partial charge on any atom is -0.469 e. The molecule has 2 rings (SSSR count). The standard InChI is InChI=1S/C14H17NO3S/c1-10-13(4-5-18-10)14(17)15-8-11(9-16)7-12-3-2-6-19-12/h2-6,11,16H,7-9H2,1H3,(H,15,17)/t11-/m0/s1. The number of carbonyl (C=O) groups excluding carboxylic acids is 1. The molecule has 102 valence electrons. The molecule has 0 aromatic carbocycles. The topological polar surface area (TPSA) is 62.5 Å². The van der Waals surface area contributed by atoms with E-state index >= 15 is 0 Å². The van der Waals surface area contributed by atoms with Crippen molar-refractivity contribution < 1.29 is 14.3 Å². The Morgan fingerprint density at radius 3 is 2.95 bits per heavy atom. The Kier molecular flexibility index (Phi) is 4.76. The van der Waals surface area contributed by atoms with Crippen LogP contribution < -0.4 is 5.32 Å². The molecule has 0 aliphatic carbocycles. The van der Waals surface area contributed by atoms with Crippen LogP contribution in [0.1, 0.15) is 21.0 Å². The van der Waals surface area contributed by atoms with E-state index in [-0.39, 0.29) is 18.4 Å². The van der Waals surface area contributed by atoms with Crippen LogP contribution in [-0.2, 0) is 6.42 Å². The van der Waals surface area contributed by atoms with Crippen LogP contribution in [0, 0.1) is 12.8 Å². The van der Waals surface area contributed by atoms with Gasteiger partial charge in [0.25, 0.3) is 5.91 Å². The molecule has 0 spiro atoms. The Bertz CT molecular complexity index is 519. The predicted molar refractivity (Wildman–Crippen MR) is 74.4 cm³/mol. The Labute approximate surface area is 116 Å². The van der Waals surface area contributed by atoms with Gasteiger partial charge in [0.2, 0.25) is 0 Å². The maximum atomic E-state index is 11.9. The molecule has 0 aliphatic heterocycles. The van der Waals surface area contributed by atoms with Crippen LogP contribution in [0.15, 0.2) is 34.3 Å². The largest absolute Gasteiger partial charge is 0.469 e. The average Bonchev–Trinajstić information content (AvgIpc) is 3.05. The maximum Gasteiger partial charge on any atom is 0.254 e. The molecule has 0 aliphatic rings. The lowest BCUT2D eigenvalue weighted by molar-refractivity contribution is 0.0938. The monoisotopic (exact) mass is 279 g/mol. The smallest absolute Gasteiger partial charge is 0.254 e. The number of rotatable bonds is 6. The number of aliphatic hydroxyl groups is 1. The summed E-state index contributed by atoms with van der Waals surface area (Å²) in [6.45, 7) is 2.27. The van der Waals surface area contributed by atoms with Crippen LogP contribution in [0.5, 0.6) is 0 Å². The second-order valence-electron chi connectivity index (χ2n) is 4.43. The zero-order valence-electron chi connectivity index (χ0n) is 10.8. The van der Waals surface area contributed by atoms with E-state index in [1.165, 1.54) is 11.1 Å². The van der Waals surface area contributed by atoms with Crippen molar-refractivity contribution in [3.8, 4) is 0 Å². The molecule has 1 amide bonds. The third kappa shape index (κ3) is 3.68. The summed E-state index contributed by atoms with van der Waals surface area (Å²) in [5.41, 5.74) is 0.549. The molecule has 0 saturated carbocycles. The summed E-state index contributed by atoms with van der Waals surface area (Å²) in [5, 5.41) is 14.2. The van der Waals surface area contributed by atoms with E-state index in [0.29, 0.717) is 17.9 Å². The van der Waals surface area contributed by atoms with Crippen LogP contribution >= 0.6 is 11.3 Å². The van der Waals surface area contributed by atoms with Gasteiger partial charge in [0.1, 0.15) is 5.76 Å². The molecule has 2 aromatic heterocycles. The second-order valence-corrected chi connectivity index (χ2v) is 5.46. The van der Waals surface area contributed by atoms with E-state index in [4.69, 9.17) is 4.42 Å². The Hall–Kier alpha value is -1.59. The fraction of sp³-hybridized carbons (Fsp3) is 0.357. The van der Waals surface area contributed by atoms with E-state index < -0.39 is 0 Å². The normalized spacial score (nSPS) is 12.3. The van der Waals surface area contributed by atoms with Gasteiger partial charge >= 0.3 is 0 Å². The number of hydrogen-bond acceptors (Lipinski definition) is 4. The summed E-state index contributed by atoms with van der Waals surface area (Å²) in [5.74, 6) is 0.488. The zero-order chi connectivity index (χ0) is 13.7. The molecule has 1 atom stereocenters. The lowest BCUT2D eigenvalue weighted by Crippen LogP contribution is -2.31. The number of thiophene rings is 1. The molecule has 2 N–H and O–H groups in total. The third-order valence-corrected chi connectivity index (χ3v) is 3.88. The minimum absolute atomic E-state index is 0.0369. The summed E-state index contributed by atoms with van der Waals surface area (Å²) in [7, 11) is 0. The number of aryl methyl sites for hydroxylation is 1. The van der Waals surface area contributed by atoms with Gasteiger partial charge < -0.3 is 14.8 Å². The summed E-state index contributed by atoms with van der Waals surface area (Å²) in [6.07, 6.45) is 2.28. The van der Waals surface area contributed by atoms with Crippen molar-refractivity contribution in [1.29, 1.82) is 0 Å². The van der Waals surface area contributed by atoms with Crippen molar-refractivity contribution in [2.24, 2.45) is 5.92 Å². The lowest BCUT2D eigenvalue weighted by Gasteiger charge is -2.14. The Balaban J connectivity index is 1.86. The predicted octanol–water partition coefficient (Wildman–Crippen LogP) is 2.23. The van der Waals surface area contributed by atoms with Crippen LogP contribution in [0.3, 0.4) is 0 Å². The highest BCUT2D eigenvalue weighted by Crippen LogP contribution is 2.14. The number of carbonyl (C=O) groups is 1. The molecule has 4 nitrogen and oxygen atoms in total. The van der Waals surface area contributed by atoms with Gasteiger partial charge in [-0.3, -0.25) is 4.79 Å². The number of nitrogens with one attached hydrogen (secondary N) is 1. The molecule has 19 heavy (non-hydrogen) atoms. The first-order chi connectivity index (χ1) is 9.20. The first-order valence-electron chi connectivity index (χ1n) is 6.16. The van der Waals surface area contributed by atoms with E-state index in [0.717, 1.165) is 6.42 Å². The number of aliphatic hydroxyl groups excluding tert-OH is 1. The fourth-order valence-corrected chi connectivity index (χ4v) is 2.69. The summed E-state index contributed by atoms with van der Waals surface area (Å²) in [6, 6.07) is 5.68. The van der Waals surface area contributed by atoms with Gasteiger partial charge in [0.15, 0.2) is 0 Å². The van der Waals surface area contributed by atoms with Gasteiger partial charge in [-0.05, 0) is 30.9 Å². The van der Waals surface area contributed by atoms with Crippen molar-refractivity contribution in [3.63, 3.8) is 0 Å². The quantitative estimate of drug-likeness (QED) is 0.852. The average molecular weight is 279 g/mol. The molecule has 0 fully saturated rings. The number of amides is 1. The van der Waals surface area contributed by atoms with Gasteiger partial charge in [-0.2, -0.15) is 0 Å². The first kappa shape index (κ1) is 13.8. The van der Waals surface area contributed by atoms with E-state index in [9.17, 15) is 9.90 Å². The van der Waals surface area contributed by atoms with Crippen molar-refractivity contribution in [1.82, 2.24) is 5.32 Å². The molecular weight excluding hydrogens is 262 g/mol. The molecular formula is C14H17NO3S. The Morgan fingerprint density at radius 2 is 2.37 bits per heavy atom. The van der Waals surface area contributed by atoms with Crippen molar-refractivity contribution >= 4 is 17.2 Å². The van der Waals surface area contributed by atoms with Crippen LogP contribution in [0.25, 0.3) is 0 Å². The van der Waals surface area contributed by atoms with Gasteiger partial charge in [0, 0.05) is 23.9 Å².